The molecular formula is C18H28IN5O2. The van der Waals surface area contributed by atoms with Crippen LogP contribution in [0.1, 0.15) is 30.9 Å². The average Bonchev–Trinajstić information content (AvgIpc) is 2.92. The molecule has 1 atom stereocenters. The van der Waals surface area contributed by atoms with E-state index in [-0.39, 0.29) is 42.5 Å². The molecule has 1 aliphatic rings. The van der Waals surface area contributed by atoms with Gasteiger partial charge in [0.25, 0.3) is 0 Å². The summed E-state index contributed by atoms with van der Waals surface area (Å²) in [7, 11) is 0. The Hall–Kier alpha value is -1.84. The van der Waals surface area contributed by atoms with Crippen molar-refractivity contribution in [3.05, 3.63) is 35.4 Å². The average molecular weight is 473 g/mol. The number of hydrogen-bond donors (Lipinski definition) is 3. The van der Waals surface area contributed by atoms with Crippen LogP contribution in [0.15, 0.2) is 29.3 Å². The number of carbonyl (C=O) groups is 2. The van der Waals surface area contributed by atoms with Crippen molar-refractivity contribution in [3.63, 3.8) is 0 Å². The number of rotatable bonds is 7. The Morgan fingerprint density at radius 2 is 1.96 bits per heavy atom. The van der Waals surface area contributed by atoms with Gasteiger partial charge in [0.1, 0.15) is 0 Å². The number of urea groups is 1. The van der Waals surface area contributed by atoms with Crippen molar-refractivity contribution in [2.45, 2.75) is 26.7 Å². The van der Waals surface area contributed by atoms with Crippen LogP contribution in [0.3, 0.4) is 0 Å². The van der Waals surface area contributed by atoms with Crippen LogP contribution in [0.25, 0.3) is 0 Å². The molecule has 0 bridgehead atoms. The van der Waals surface area contributed by atoms with Crippen molar-refractivity contribution in [2.24, 2.45) is 4.99 Å². The second-order valence-corrected chi connectivity index (χ2v) is 6.16. The van der Waals surface area contributed by atoms with Crippen LogP contribution in [0, 0.1) is 6.92 Å². The number of nitrogens with zero attached hydrogens (tertiary/aromatic N) is 2. The van der Waals surface area contributed by atoms with Crippen molar-refractivity contribution in [1.82, 2.24) is 20.9 Å². The van der Waals surface area contributed by atoms with Gasteiger partial charge in [-0.3, -0.25) is 14.7 Å². The lowest BCUT2D eigenvalue weighted by Gasteiger charge is -2.16. The van der Waals surface area contributed by atoms with E-state index in [4.69, 9.17) is 0 Å². The van der Waals surface area contributed by atoms with Gasteiger partial charge >= 0.3 is 6.03 Å². The summed E-state index contributed by atoms with van der Waals surface area (Å²) < 4.78 is 0. The van der Waals surface area contributed by atoms with Crippen molar-refractivity contribution in [3.8, 4) is 0 Å². The predicted octanol–water partition coefficient (Wildman–Crippen LogP) is 1.82. The van der Waals surface area contributed by atoms with Crippen LogP contribution in [0.2, 0.25) is 0 Å². The molecule has 8 heteroatoms. The highest BCUT2D eigenvalue weighted by Gasteiger charge is 2.27. The Labute approximate surface area is 172 Å². The maximum Gasteiger partial charge on any atom is 0.324 e. The zero-order valence-corrected chi connectivity index (χ0v) is 17.9. The number of aliphatic imine (C=N–C) groups is 1. The lowest BCUT2D eigenvalue weighted by Crippen LogP contribution is -2.43. The number of amides is 3. The second-order valence-electron chi connectivity index (χ2n) is 6.16. The molecule has 1 heterocycles. The van der Waals surface area contributed by atoms with Gasteiger partial charge in [-0.2, -0.15) is 0 Å². The molecule has 7 nitrogen and oxygen atoms in total. The second kappa shape index (κ2) is 11.0. The van der Waals surface area contributed by atoms with Crippen molar-refractivity contribution >= 4 is 41.9 Å². The number of benzene rings is 1. The summed E-state index contributed by atoms with van der Waals surface area (Å²) in [6, 6.07) is 8.15. The summed E-state index contributed by atoms with van der Waals surface area (Å²) in [5.74, 6) is 0.803. The molecule has 3 amide bonds. The smallest absolute Gasteiger partial charge is 0.324 e. The zero-order valence-electron chi connectivity index (χ0n) is 15.5. The molecule has 26 heavy (non-hydrogen) atoms. The van der Waals surface area contributed by atoms with E-state index in [1.54, 1.807) is 0 Å². The minimum absolute atomic E-state index is 0. The lowest BCUT2D eigenvalue weighted by atomic mass is 10.0. The van der Waals surface area contributed by atoms with Gasteiger partial charge < -0.3 is 16.0 Å². The highest BCUT2D eigenvalue weighted by atomic mass is 127. The van der Waals surface area contributed by atoms with E-state index in [0.717, 1.165) is 6.54 Å². The number of hydrogen-bond acceptors (Lipinski definition) is 3. The van der Waals surface area contributed by atoms with Gasteiger partial charge in [0.2, 0.25) is 5.91 Å². The molecule has 1 saturated heterocycles. The number of halogens is 1. The molecular weight excluding hydrogens is 445 g/mol. The van der Waals surface area contributed by atoms with Gasteiger partial charge in [-0.15, -0.1) is 24.0 Å². The van der Waals surface area contributed by atoms with Gasteiger partial charge in [-0.05, 0) is 19.4 Å². The van der Waals surface area contributed by atoms with E-state index in [1.807, 2.05) is 6.92 Å². The van der Waals surface area contributed by atoms with E-state index in [1.165, 1.54) is 16.0 Å². The monoisotopic (exact) mass is 473 g/mol. The molecule has 1 fully saturated rings. The Kier molecular flexibility index (Phi) is 9.39. The fourth-order valence-corrected chi connectivity index (χ4v) is 2.54. The van der Waals surface area contributed by atoms with Gasteiger partial charge in [0, 0.05) is 32.1 Å². The summed E-state index contributed by atoms with van der Waals surface area (Å²) in [6.07, 6.45) is 0. The number of imide groups is 1. The van der Waals surface area contributed by atoms with E-state index in [2.05, 4.69) is 59.1 Å². The molecule has 0 saturated carbocycles. The minimum atomic E-state index is -0.332. The first-order valence-corrected chi connectivity index (χ1v) is 8.68. The molecule has 3 N–H and O–H groups in total. The Balaban J connectivity index is 0.00000338. The Bertz CT molecular complexity index is 617. The summed E-state index contributed by atoms with van der Waals surface area (Å²) in [5, 5.41) is 8.86. The lowest BCUT2D eigenvalue weighted by molar-refractivity contribution is -0.124. The van der Waals surface area contributed by atoms with Gasteiger partial charge in [0.15, 0.2) is 5.96 Å². The highest BCUT2D eigenvalue weighted by molar-refractivity contribution is 14.0. The molecule has 2 rings (SSSR count). The predicted molar refractivity (Wildman–Crippen MR) is 114 cm³/mol. The van der Waals surface area contributed by atoms with E-state index in [9.17, 15) is 9.59 Å². The van der Waals surface area contributed by atoms with E-state index < -0.39 is 0 Å². The first-order chi connectivity index (χ1) is 12.0. The van der Waals surface area contributed by atoms with Crippen molar-refractivity contribution in [1.29, 1.82) is 0 Å². The highest BCUT2D eigenvalue weighted by Crippen LogP contribution is 2.15. The first-order valence-electron chi connectivity index (χ1n) is 8.68. The van der Waals surface area contributed by atoms with Crippen molar-refractivity contribution in [2.75, 3.05) is 32.7 Å². The summed E-state index contributed by atoms with van der Waals surface area (Å²) in [5.41, 5.74) is 2.50. The topological polar surface area (TPSA) is 85.8 Å². The molecule has 0 radical (unpaired) electrons. The van der Waals surface area contributed by atoms with Crippen LogP contribution in [0.5, 0.6) is 0 Å². The summed E-state index contributed by atoms with van der Waals surface area (Å²) in [6.45, 7) is 8.48. The fraction of sp³-hybridized carbons (Fsp3) is 0.500. The van der Waals surface area contributed by atoms with Crippen LogP contribution in [0.4, 0.5) is 4.79 Å². The van der Waals surface area contributed by atoms with Crippen molar-refractivity contribution < 1.29 is 9.59 Å². The Morgan fingerprint density at radius 3 is 2.54 bits per heavy atom. The number of guanidine groups is 1. The molecule has 0 aromatic heterocycles. The molecule has 1 aromatic carbocycles. The molecule has 0 spiro atoms. The molecule has 0 aliphatic carbocycles. The zero-order chi connectivity index (χ0) is 18.2. The van der Waals surface area contributed by atoms with Crippen LogP contribution in [-0.2, 0) is 4.79 Å². The fourth-order valence-electron chi connectivity index (χ4n) is 2.54. The molecule has 1 unspecified atom stereocenters. The largest absolute Gasteiger partial charge is 0.357 e. The van der Waals surface area contributed by atoms with Gasteiger partial charge in [-0.25, -0.2) is 4.79 Å². The van der Waals surface area contributed by atoms with Gasteiger partial charge in [-0.1, -0.05) is 36.8 Å². The van der Waals surface area contributed by atoms with Crippen LogP contribution < -0.4 is 16.0 Å². The minimum Gasteiger partial charge on any atom is -0.357 e. The number of carbonyl (C=O) groups excluding carboxylic acids is 2. The SMILES string of the molecule is CCNC(=NCC(C)c1ccc(C)cc1)NCCN1C(=O)CNC1=O.I. The summed E-state index contributed by atoms with van der Waals surface area (Å²) in [4.78, 5) is 28.9. The number of nitrogens with one attached hydrogen (secondary N) is 3. The molecule has 144 valence electrons. The van der Waals surface area contributed by atoms with Gasteiger partial charge in [0.05, 0.1) is 6.54 Å². The van der Waals surface area contributed by atoms with Crippen LogP contribution >= 0.6 is 24.0 Å². The maximum absolute atomic E-state index is 11.6. The summed E-state index contributed by atoms with van der Waals surface area (Å²) >= 11 is 0. The third kappa shape index (κ3) is 6.47. The molecule has 1 aliphatic heterocycles. The third-order valence-electron chi connectivity index (χ3n) is 4.08. The van der Waals surface area contributed by atoms with E-state index in [0.29, 0.717) is 31.5 Å². The maximum atomic E-state index is 11.6. The van der Waals surface area contributed by atoms with Crippen LogP contribution in [-0.4, -0.2) is 55.5 Å². The molecule has 1 aromatic rings. The Morgan fingerprint density at radius 1 is 1.27 bits per heavy atom. The third-order valence-corrected chi connectivity index (χ3v) is 4.08. The number of aryl methyl sites for hydroxylation is 1. The normalized spacial score (nSPS) is 15.3. The standard InChI is InChI=1S/C18H27N5O2.HI/c1-4-19-17(20-9-10-23-16(24)12-22-18(23)25)21-11-14(3)15-7-5-13(2)6-8-15;/h5-8,14H,4,9-12H2,1-3H3,(H,22,25)(H2,19,20,21);1H. The first kappa shape index (κ1) is 22.2. The quantitative estimate of drug-likeness (QED) is 0.244. The van der Waals surface area contributed by atoms with E-state index >= 15 is 0 Å².